The Hall–Kier alpha value is -2.24. The zero-order valence-electron chi connectivity index (χ0n) is 17.3. The van der Waals surface area contributed by atoms with Crippen molar-refractivity contribution in [1.82, 2.24) is 15.2 Å². The molecule has 1 N–H and O–H groups in total. The molecule has 4 rings (SSSR count). The van der Waals surface area contributed by atoms with Crippen LogP contribution in [-0.2, 0) is 16.0 Å². The Kier molecular flexibility index (Phi) is 6.26. The molecular weight excluding hydrogens is 362 g/mol. The van der Waals surface area contributed by atoms with Gasteiger partial charge in [0.15, 0.2) is 0 Å². The summed E-state index contributed by atoms with van der Waals surface area (Å²) >= 11 is 0. The first-order valence-electron chi connectivity index (χ1n) is 10.7. The van der Waals surface area contributed by atoms with Crippen LogP contribution >= 0.6 is 0 Å². The quantitative estimate of drug-likeness (QED) is 0.847. The predicted octanol–water partition coefficient (Wildman–Crippen LogP) is 3.30. The fourth-order valence-corrected chi connectivity index (χ4v) is 4.48. The number of amides is 1. The Morgan fingerprint density at radius 1 is 1.14 bits per heavy atom. The van der Waals surface area contributed by atoms with Crippen molar-refractivity contribution in [2.75, 3.05) is 33.4 Å². The second-order valence-electron chi connectivity index (χ2n) is 8.56. The van der Waals surface area contributed by atoms with E-state index >= 15 is 0 Å². The average molecular weight is 394 g/mol. The van der Waals surface area contributed by atoms with Crippen molar-refractivity contribution in [3.63, 3.8) is 0 Å². The van der Waals surface area contributed by atoms with Crippen LogP contribution in [0.4, 0.5) is 0 Å². The van der Waals surface area contributed by atoms with E-state index in [1.165, 1.54) is 5.56 Å². The summed E-state index contributed by atoms with van der Waals surface area (Å²) in [7, 11) is 2.15. The minimum atomic E-state index is -0.364. The molecule has 3 heterocycles. The number of aromatic nitrogens is 1. The first-order chi connectivity index (χ1) is 14.1. The molecule has 2 fully saturated rings. The maximum absolute atomic E-state index is 13.4. The third kappa shape index (κ3) is 4.85. The van der Waals surface area contributed by atoms with E-state index in [1.54, 1.807) is 6.20 Å². The molecule has 2 aliphatic rings. The van der Waals surface area contributed by atoms with Gasteiger partial charge in [-0.3, -0.25) is 9.78 Å². The topological polar surface area (TPSA) is 54.5 Å². The Morgan fingerprint density at radius 3 is 2.52 bits per heavy atom. The van der Waals surface area contributed by atoms with Crippen LogP contribution in [-0.4, -0.2) is 55.2 Å². The van der Waals surface area contributed by atoms with Crippen molar-refractivity contribution in [2.45, 2.75) is 38.1 Å². The molecule has 154 valence electrons. The van der Waals surface area contributed by atoms with Crippen LogP contribution in [0.1, 0.15) is 31.2 Å². The fourth-order valence-electron chi connectivity index (χ4n) is 4.48. The van der Waals surface area contributed by atoms with Gasteiger partial charge >= 0.3 is 0 Å². The lowest BCUT2D eigenvalue weighted by molar-refractivity contribution is -0.137. The number of benzene rings is 1. The lowest BCUT2D eigenvalue weighted by atomic mass is 9.74. The Morgan fingerprint density at radius 2 is 1.86 bits per heavy atom. The van der Waals surface area contributed by atoms with Gasteiger partial charge in [0, 0.05) is 31.6 Å². The summed E-state index contributed by atoms with van der Waals surface area (Å²) < 4.78 is 5.60. The zero-order chi connectivity index (χ0) is 20.1. The molecule has 0 radical (unpaired) electrons. The highest BCUT2D eigenvalue weighted by Gasteiger charge is 2.41. The normalized spacial score (nSPS) is 20.3. The smallest absolute Gasteiger partial charge is 0.226 e. The molecule has 2 aromatic rings. The van der Waals surface area contributed by atoms with Gasteiger partial charge in [0.25, 0.3) is 0 Å². The number of rotatable bonds is 5. The predicted molar refractivity (Wildman–Crippen MR) is 115 cm³/mol. The summed E-state index contributed by atoms with van der Waals surface area (Å²) in [5.74, 6) is 0.215. The van der Waals surface area contributed by atoms with Crippen LogP contribution in [0.25, 0.3) is 11.1 Å². The summed E-state index contributed by atoms with van der Waals surface area (Å²) in [6, 6.07) is 12.9. The standard InChI is InChI=1S/C24H31N3O2/c1-27-13-8-22(9-14-27)26-23(28)24(10-15-29-16-11-24)17-19-4-6-20(7-5-19)21-3-2-12-25-18-21/h2-7,12,18,22H,8-11,13-17H2,1H3,(H,26,28). The first kappa shape index (κ1) is 20.0. The van der Waals surface area contributed by atoms with Gasteiger partial charge in [0.1, 0.15) is 0 Å². The van der Waals surface area contributed by atoms with E-state index in [1.807, 2.05) is 12.3 Å². The molecule has 2 aliphatic heterocycles. The summed E-state index contributed by atoms with van der Waals surface area (Å²) in [4.78, 5) is 19.9. The third-order valence-corrected chi connectivity index (χ3v) is 6.48. The first-order valence-corrected chi connectivity index (χ1v) is 10.7. The van der Waals surface area contributed by atoms with Gasteiger partial charge in [0.05, 0.1) is 5.41 Å². The summed E-state index contributed by atoms with van der Waals surface area (Å²) in [5, 5.41) is 3.38. The highest BCUT2D eigenvalue weighted by molar-refractivity contribution is 5.83. The monoisotopic (exact) mass is 393 g/mol. The molecule has 0 unspecified atom stereocenters. The van der Waals surface area contributed by atoms with Crippen molar-refractivity contribution in [2.24, 2.45) is 5.41 Å². The van der Waals surface area contributed by atoms with Crippen molar-refractivity contribution in [1.29, 1.82) is 0 Å². The SMILES string of the molecule is CN1CCC(NC(=O)C2(Cc3ccc(-c4cccnc4)cc3)CCOCC2)CC1. The second-order valence-corrected chi connectivity index (χ2v) is 8.56. The molecule has 1 aromatic heterocycles. The van der Waals surface area contributed by atoms with E-state index in [-0.39, 0.29) is 11.3 Å². The van der Waals surface area contributed by atoms with Crippen LogP contribution in [0.3, 0.4) is 0 Å². The van der Waals surface area contributed by atoms with Crippen LogP contribution in [0.2, 0.25) is 0 Å². The maximum Gasteiger partial charge on any atom is 0.226 e. The molecule has 2 saturated heterocycles. The summed E-state index contributed by atoms with van der Waals surface area (Å²) in [6.45, 7) is 3.43. The Balaban J connectivity index is 1.47. The highest BCUT2D eigenvalue weighted by atomic mass is 16.5. The number of carbonyl (C=O) groups excluding carboxylic acids is 1. The van der Waals surface area contributed by atoms with E-state index in [0.29, 0.717) is 19.3 Å². The van der Waals surface area contributed by atoms with Crippen molar-refractivity contribution in [3.8, 4) is 11.1 Å². The molecular formula is C24H31N3O2. The Labute approximate surface area is 173 Å². The number of hydrogen-bond acceptors (Lipinski definition) is 4. The number of pyridine rings is 1. The molecule has 0 saturated carbocycles. The van der Waals surface area contributed by atoms with Crippen molar-refractivity contribution >= 4 is 5.91 Å². The van der Waals surface area contributed by atoms with Crippen molar-refractivity contribution < 1.29 is 9.53 Å². The van der Waals surface area contributed by atoms with E-state index in [2.05, 4.69) is 52.6 Å². The van der Waals surface area contributed by atoms with Gasteiger partial charge in [-0.25, -0.2) is 0 Å². The van der Waals surface area contributed by atoms with E-state index in [4.69, 9.17) is 4.74 Å². The third-order valence-electron chi connectivity index (χ3n) is 6.48. The molecule has 29 heavy (non-hydrogen) atoms. The number of carbonyl (C=O) groups is 1. The number of likely N-dealkylation sites (tertiary alicyclic amines) is 1. The van der Waals surface area contributed by atoms with Crippen molar-refractivity contribution in [3.05, 3.63) is 54.4 Å². The molecule has 0 aliphatic carbocycles. The van der Waals surface area contributed by atoms with Crippen LogP contribution in [0, 0.1) is 5.41 Å². The number of nitrogens with one attached hydrogen (secondary N) is 1. The number of ether oxygens (including phenoxy) is 1. The summed E-state index contributed by atoms with van der Waals surface area (Å²) in [6.07, 6.45) is 8.08. The molecule has 0 atom stereocenters. The molecule has 0 spiro atoms. The fraction of sp³-hybridized carbons (Fsp3) is 0.500. The van der Waals surface area contributed by atoms with Gasteiger partial charge in [0.2, 0.25) is 5.91 Å². The number of hydrogen-bond donors (Lipinski definition) is 1. The average Bonchev–Trinajstić information content (AvgIpc) is 2.77. The molecule has 1 aromatic carbocycles. The Bertz CT molecular complexity index is 793. The minimum Gasteiger partial charge on any atom is -0.381 e. The van der Waals surface area contributed by atoms with E-state index in [0.717, 1.165) is 56.3 Å². The van der Waals surface area contributed by atoms with Gasteiger partial charge in [-0.2, -0.15) is 0 Å². The molecule has 0 bridgehead atoms. The number of nitrogens with zero attached hydrogens (tertiary/aromatic N) is 2. The van der Waals surface area contributed by atoms with Gasteiger partial charge in [-0.1, -0.05) is 30.3 Å². The second kappa shape index (κ2) is 9.06. The molecule has 5 heteroatoms. The van der Waals surface area contributed by atoms with Gasteiger partial charge in [-0.05, 0) is 75.0 Å². The molecule has 5 nitrogen and oxygen atoms in total. The van der Waals surface area contributed by atoms with E-state index in [9.17, 15) is 4.79 Å². The van der Waals surface area contributed by atoms with Gasteiger partial charge in [-0.15, -0.1) is 0 Å². The summed E-state index contributed by atoms with van der Waals surface area (Å²) in [5.41, 5.74) is 3.11. The van der Waals surface area contributed by atoms with Crippen LogP contribution in [0.15, 0.2) is 48.8 Å². The van der Waals surface area contributed by atoms with E-state index < -0.39 is 0 Å². The maximum atomic E-state index is 13.4. The molecule has 1 amide bonds. The number of piperidine rings is 1. The van der Waals surface area contributed by atoms with Gasteiger partial charge < -0.3 is 15.0 Å². The van der Waals surface area contributed by atoms with Crippen LogP contribution in [0.5, 0.6) is 0 Å². The minimum absolute atomic E-state index is 0.215. The lowest BCUT2D eigenvalue weighted by Gasteiger charge is -2.38. The largest absolute Gasteiger partial charge is 0.381 e. The zero-order valence-corrected chi connectivity index (χ0v) is 17.3. The highest BCUT2D eigenvalue weighted by Crippen LogP contribution is 2.35. The lowest BCUT2D eigenvalue weighted by Crippen LogP contribution is -2.51. The van der Waals surface area contributed by atoms with Crippen LogP contribution < -0.4 is 5.32 Å².